The third-order valence-electron chi connectivity index (χ3n) is 17.8. The van der Waals surface area contributed by atoms with Crippen LogP contribution in [0.5, 0.6) is 17.2 Å². The molecule has 12 rings (SSSR count). The summed E-state index contributed by atoms with van der Waals surface area (Å²) in [6.07, 6.45) is -14.8. The zero-order valence-electron chi connectivity index (χ0n) is 56.3. The predicted molar refractivity (Wildman–Crippen MR) is 352 cm³/mol. The molecule has 5 aliphatic rings. The topological polar surface area (TPSA) is 448 Å². The van der Waals surface area contributed by atoms with E-state index in [0.29, 0.717) is 22.5 Å². The number of halogens is 6. The number of rotatable bonds is 21. The number of non-ortho nitro benzene ring substituents is 1. The van der Waals surface area contributed by atoms with Crippen molar-refractivity contribution in [1.29, 1.82) is 10.5 Å². The third-order valence-corrected chi connectivity index (χ3v) is 21.0. The molecule has 40 heteroatoms. The number of carbonyl (C=O) groups excluding carboxylic acids is 2. The van der Waals surface area contributed by atoms with Crippen molar-refractivity contribution in [2.45, 2.75) is 169 Å². The molecular formula is C65H73F6N13O19P2. The molecule has 3 saturated heterocycles. The van der Waals surface area contributed by atoms with Crippen LogP contribution in [0.4, 0.5) is 43.7 Å². The Morgan fingerprint density at radius 1 is 0.657 bits per heavy atom. The number of hydrogen-bond donors (Lipinski definition) is 7. The van der Waals surface area contributed by atoms with Gasteiger partial charge in [0.25, 0.3) is 5.69 Å². The van der Waals surface area contributed by atoms with Gasteiger partial charge in [-0.05, 0) is 140 Å². The number of nitrogen functional groups attached to an aromatic ring is 2. The average Bonchev–Trinajstić information content (AvgIpc) is 1.57. The van der Waals surface area contributed by atoms with E-state index in [1.54, 1.807) is 79.0 Å². The van der Waals surface area contributed by atoms with Crippen LogP contribution in [0.2, 0.25) is 0 Å². The standard InChI is InChI=1S/C28H32F3N6O8P.C22H24F3N2O7P.C15H17N5O4/c1-16(26(40)43-18-9-7-17(8-10-18)28(29,30)31)36-46(41,45-19-5-3-2-4-6-19)42-14-27(13-32)24(39)22(38)23(44-27)20-11-12-21-25(33)34-15-35-37(20)21;1-15(21(28)32-18-11-7-16(8-12-18)22(23,24)25)26-35(31,33-19-5-3-2-4-6-19)34-20-13-9-17(10-14-20)27(29)30;1-14(2)22-11-10(23-15(5-16,6-21)12(11)24-14)8-3-4-9-13(17)18-7-19-20(8)9/h2-6,11-12,15-18,22-24,38-39H,7-10,14H2,1H3,(H,36,41)(H2,33,34,35);2-6,9-10,13-16,18H,7-8,11-12H2,1H3,(H,26,31);3-4,7,10-12,21H,6H2,1-2H3,(H2,17,18,19)/t16-,17?,18?,22+,23+,24+,27-,46?;15-,16?,18?,35?;10-,11-,12-,15+/m110/s1. The molecule has 7 aromatic rings. The highest BCUT2D eigenvalue weighted by Gasteiger charge is 2.64. The van der Waals surface area contributed by atoms with Crippen LogP contribution in [0, 0.1) is 44.6 Å². The molecule has 0 amide bonds. The maximum Gasteiger partial charge on any atom is 0.513 e. The van der Waals surface area contributed by atoms with E-state index >= 15 is 0 Å². The SMILES string of the molecule is CC1(C)O[C@H]2[C@H](c3ccc4c(N)ncnn34)O[C@](C#N)(CO)[C@H]2O1.C[C@@H](NP(=O)(OC[C@@]1(C#N)O[C@@H](c2ccc3c(N)ncnn23)[C@H](O)[C@@H]1O)Oc1ccccc1)C(=O)OC1CCC(C(F)(F)F)CC1.C[C@@H](NP(=O)(Oc1ccccc1)Oc1ccc([N+](=O)[O-])cc1)C(=O)OC1CCC(C(F)(F)F)CC1. The van der Waals surface area contributed by atoms with Gasteiger partial charge in [0.2, 0.25) is 11.2 Å². The van der Waals surface area contributed by atoms with E-state index in [-0.39, 0.29) is 85.8 Å². The zero-order valence-corrected chi connectivity index (χ0v) is 58.1. The van der Waals surface area contributed by atoms with Crippen molar-refractivity contribution in [3.63, 3.8) is 0 Å². The number of nitrogens with two attached hydrogens (primary N) is 2. The Bertz CT molecular complexity index is 4390. The van der Waals surface area contributed by atoms with E-state index in [2.05, 4.69) is 30.3 Å². The van der Waals surface area contributed by atoms with Gasteiger partial charge in [-0.3, -0.25) is 24.2 Å². The van der Waals surface area contributed by atoms with Crippen molar-refractivity contribution >= 4 is 55.8 Å². The fraction of sp³-hybridized carbons (Fsp3) is 0.477. The summed E-state index contributed by atoms with van der Waals surface area (Å²) in [5.41, 5.74) is 9.67. The summed E-state index contributed by atoms with van der Waals surface area (Å²) >= 11 is 0. The van der Waals surface area contributed by atoms with Gasteiger partial charge >= 0.3 is 39.8 Å². The highest BCUT2D eigenvalue weighted by Crippen LogP contribution is 2.52. The summed E-state index contributed by atoms with van der Waals surface area (Å²) < 4.78 is 165. The number of alkyl halides is 6. The molecule has 564 valence electrons. The van der Waals surface area contributed by atoms with Crippen LogP contribution < -0.4 is 35.2 Å². The fourth-order valence-corrected chi connectivity index (χ4v) is 15.4. The number of nitriles is 2. The van der Waals surface area contributed by atoms with Crippen LogP contribution in [0.15, 0.2) is 122 Å². The van der Waals surface area contributed by atoms with E-state index in [1.807, 2.05) is 6.07 Å². The van der Waals surface area contributed by atoms with E-state index < -0.39 is 148 Å². The van der Waals surface area contributed by atoms with Gasteiger partial charge in [-0.25, -0.2) is 28.1 Å². The molecule has 12 atom stereocenters. The van der Waals surface area contributed by atoms with Gasteiger partial charge in [-0.1, -0.05) is 36.4 Å². The summed E-state index contributed by atoms with van der Waals surface area (Å²) in [7, 11) is -8.85. The summed E-state index contributed by atoms with van der Waals surface area (Å²) in [6.45, 7) is 4.76. The number of nitrogens with one attached hydrogen (secondary N) is 2. The van der Waals surface area contributed by atoms with Gasteiger partial charge in [0.1, 0.15) is 121 Å². The average molecular weight is 1520 g/mol. The molecule has 7 heterocycles. The highest BCUT2D eigenvalue weighted by molar-refractivity contribution is 7.52. The third kappa shape index (κ3) is 18.2. The van der Waals surface area contributed by atoms with Crippen LogP contribution in [0.1, 0.15) is 103 Å². The molecule has 32 nitrogen and oxygen atoms in total. The number of nitrogens with zero attached hydrogens (tertiary/aromatic N) is 9. The van der Waals surface area contributed by atoms with Crippen LogP contribution in [0.3, 0.4) is 0 Å². The lowest BCUT2D eigenvalue weighted by atomic mass is 9.87. The molecule has 2 saturated carbocycles. The number of fused-ring (bicyclic) bond motifs is 3. The molecular weight excluding hydrogens is 1440 g/mol. The van der Waals surface area contributed by atoms with Crippen molar-refractivity contribution in [1.82, 2.24) is 39.4 Å². The number of nitro benzene ring substituents is 1. The van der Waals surface area contributed by atoms with Crippen molar-refractivity contribution in [2.75, 3.05) is 24.7 Å². The smallest absolute Gasteiger partial charge is 0.461 e. The quantitative estimate of drug-likeness (QED) is 0.0116. The molecule has 0 bridgehead atoms. The second kappa shape index (κ2) is 31.9. The largest absolute Gasteiger partial charge is 0.513 e. The van der Waals surface area contributed by atoms with E-state index in [9.17, 15) is 81.0 Å². The van der Waals surface area contributed by atoms with E-state index in [0.717, 1.165) is 12.1 Å². The molecule has 3 aromatic carbocycles. The number of esters is 2. The number of aromatic nitrogens is 6. The minimum absolute atomic E-state index is 0.0102. The minimum Gasteiger partial charge on any atom is -0.461 e. The van der Waals surface area contributed by atoms with Gasteiger partial charge < -0.3 is 68.8 Å². The first-order valence-corrected chi connectivity index (χ1v) is 35.7. The first-order valence-electron chi connectivity index (χ1n) is 32.7. The van der Waals surface area contributed by atoms with Crippen LogP contribution in [0.25, 0.3) is 11.0 Å². The van der Waals surface area contributed by atoms with Crippen molar-refractivity contribution in [2.24, 2.45) is 11.8 Å². The minimum atomic E-state index is -4.58. The molecule has 0 radical (unpaired) electrons. The maximum atomic E-state index is 14.0. The molecule has 3 aliphatic heterocycles. The molecule has 105 heavy (non-hydrogen) atoms. The maximum absolute atomic E-state index is 14.0. The summed E-state index contributed by atoms with van der Waals surface area (Å²) in [5.74, 6) is -4.84. The lowest BCUT2D eigenvalue weighted by molar-refractivity contribution is -0.384. The first kappa shape index (κ1) is 78.4. The van der Waals surface area contributed by atoms with Crippen LogP contribution in [-0.4, -0.2) is 153 Å². The molecule has 2 aliphatic carbocycles. The highest BCUT2D eigenvalue weighted by atomic mass is 31.2. The van der Waals surface area contributed by atoms with E-state index in [4.69, 9.17) is 58.0 Å². The second-order valence-corrected chi connectivity index (χ2v) is 28.9. The number of nitro groups is 1. The molecule has 5 fully saturated rings. The number of aliphatic hydroxyl groups excluding tert-OH is 3. The Morgan fingerprint density at radius 2 is 1.09 bits per heavy atom. The number of hydrogen-bond acceptors (Lipinski definition) is 27. The summed E-state index contributed by atoms with van der Waals surface area (Å²) in [5, 5.41) is 75.4. The molecule has 4 aromatic heterocycles. The van der Waals surface area contributed by atoms with Gasteiger partial charge in [-0.15, -0.1) is 0 Å². The summed E-state index contributed by atoms with van der Waals surface area (Å²) in [6, 6.07) is 28.4. The lowest BCUT2D eigenvalue weighted by Gasteiger charge is -2.31. The Hall–Kier alpha value is -9.14. The normalized spacial score (nSPS) is 27.3. The second-order valence-electron chi connectivity index (χ2n) is 25.6. The number of aliphatic hydroxyl groups is 3. The Morgan fingerprint density at radius 3 is 1.52 bits per heavy atom. The molecule has 0 spiro atoms. The number of benzene rings is 3. The van der Waals surface area contributed by atoms with Gasteiger partial charge in [0.15, 0.2) is 17.4 Å². The number of anilines is 2. The zero-order chi connectivity index (χ0) is 76.0. The van der Waals surface area contributed by atoms with Crippen molar-refractivity contribution in [3.8, 4) is 29.4 Å². The summed E-state index contributed by atoms with van der Waals surface area (Å²) in [4.78, 5) is 43.6. The Labute approximate surface area is 594 Å². The number of ether oxygens (including phenoxy) is 6. The monoisotopic (exact) mass is 1520 g/mol. The number of para-hydroxylation sites is 2. The molecule has 9 N–H and O–H groups in total. The molecule has 2 unspecified atom stereocenters. The van der Waals surface area contributed by atoms with Crippen molar-refractivity contribution in [3.05, 3.63) is 143 Å². The van der Waals surface area contributed by atoms with Crippen LogP contribution >= 0.6 is 15.5 Å². The first-order chi connectivity index (χ1) is 49.6. The van der Waals surface area contributed by atoms with Gasteiger partial charge in [-0.2, -0.15) is 57.2 Å². The van der Waals surface area contributed by atoms with Gasteiger partial charge in [0.05, 0.1) is 34.8 Å². The Balaban J connectivity index is 0.000000177. The van der Waals surface area contributed by atoms with Gasteiger partial charge in [0, 0.05) is 12.1 Å². The van der Waals surface area contributed by atoms with E-state index in [1.165, 1.54) is 73.5 Å². The lowest BCUT2D eigenvalue weighted by Crippen LogP contribution is -2.46. The Kier molecular flexibility index (Phi) is 23.8. The van der Waals surface area contributed by atoms with Crippen molar-refractivity contribution < 1.29 is 112 Å². The van der Waals surface area contributed by atoms with Crippen LogP contribution in [-0.2, 0) is 51.7 Å². The fourth-order valence-electron chi connectivity index (χ4n) is 12.4. The predicted octanol–water partition coefficient (Wildman–Crippen LogP) is 9.17. The number of carbonyl (C=O) groups is 2.